The highest BCUT2D eigenvalue weighted by molar-refractivity contribution is 5.87. The SMILES string of the molecule is CC1CN(C(C)(C)CNC(=O)CNC(=O)[C@@H](N)C(C)C)CC(C)O1. The van der Waals surface area contributed by atoms with Crippen molar-refractivity contribution in [3.8, 4) is 0 Å². The molecule has 2 unspecified atom stereocenters. The van der Waals surface area contributed by atoms with Crippen LogP contribution in [0.25, 0.3) is 0 Å². The van der Waals surface area contributed by atoms with Crippen molar-refractivity contribution in [2.24, 2.45) is 11.7 Å². The molecule has 0 radical (unpaired) electrons. The molecule has 0 bridgehead atoms. The Hall–Kier alpha value is -1.18. The fourth-order valence-corrected chi connectivity index (χ4v) is 2.75. The Labute approximate surface area is 145 Å². The molecule has 0 aromatic rings. The summed E-state index contributed by atoms with van der Waals surface area (Å²) >= 11 is 0. The van der Waals surface area contributed by atoms with Crippen LogP contribution in [0.4, 0.5) is 0 Å². The van der Waals surface area contributed by atoms with Crippen molar-refractivity contribution in [1.82, 2.24) is 15.5 Å². The van der Waals surface area contributed by atoms with E-state index < -0.39 is 6.04 Å². The van der Waals surface area contributed by atoms with E-state index >= 15 is 0 Å². The molecule has 1 fully saturated rings. The van der Waals surface area contributed by atoms with E-state index in [9.17, 15) is 9.59 Å². The van der Waals surface area contributed by atoms with Gasteiger partial charge in [-0.2, -0.15) is 0 Å². The van der Waals surface area contributed by atoms with E-state index in [1.54, 1.807) is 0 Å². The summed E-state index contributed by atoms with van der Waals surface area (Å²) in [5, 5.41) is 5.48. The summed E-state index contributed by atoms with van der Waals surface area (Å²) in [5.41, 5.74) is 5.57. The van der Waals surface area contributed by atoms with Crippen LogP contribution in [0.5, 0.6) is 0 Å². The largest absolute Gasteiger partial charge is 0.373 e. The molecular weight excluding hydrogens is 308 g/mol. The van der Waals surface area contributed by atoms with Crippen LogP contribution in [0.3, 0.4) is 0 Å². The minimum Gasteiger partial charge on any atom is -0.373 e. The Morgan fingerprint density at radius 2 is 1.75 bits per heavy atom. The van der Waals surface area contributed by atoms with Crippen molar-refractivity contribution in [1.29, 1.82) is 0 Å². The van der Waals surface area contributed by atoms with Crippen molar-refractivity contribution >= 4 is 11.8 Å². The van der Waals surface area contributed by atoms with E-state index in [-0.39, 0.29) is 42.0 Å². The zero-order valence-corrected chi connectivity index (χ0v) is 15.9. The van der Waals surface area contributed by atoms with Crippen LogP contribution < -0.4 is 16.4 Å². The molecule has 0 aliphatic carbocycles. The van der Waals surface area contributed by atoms with Gasteiger partial charge in [0.2, 0.25) is 11.8 Å². The molecule has 7 nitrogen and oxygen atoms in total. The molecule has 1 saturated heterocycles. The van der Waals surface area contributed by atoms with Gasteiger partial charge in [0.25, 0.3) is 0 Å². The van der Waals surface area contributed by atoms with Crippen LogP contribution in [0.2, 0.25) is 0 Å². The standard InChI is InChI=1S/C17H34N4O3/c1-11(2)15(18)16(23)19-7-14(22)20-10-17(5,6)21-8-12(3)24-13(4)9-21/h11-13,15H,7-10,18H2,1-6H3,(H,19,23)(H,20,22)/t12?,13?,15-/m0/s1. The average molecular weight is 342 g/mol. The molecule has 0 spiro atoms. The normalized spacial score (nSPS) is 23.8. The number of morpholine rings is 1. The number of carbonyl (C=O) groups excluding carboxylic acids is 2. The fourth-order valence-electron chi connectivity index (χ4n) is 2.75. The van der Waals surface area contributed by atoms with Gasteiger partial charge in [-0.25, -0.2) is 0 Å². The lowest BCUT2D eigenvalue weighted by Gasteiger charge is -2.45. The number of carbonyl (C=O) groups is 2. The second-order valence-electron chi connectivity index (χ2n) is 7.74. The van der Waals surface area contributed by atoms with E-state index in [0.717, 1.165) is 13.1 Å². The number of hydrogen-bond donors (Lipinski definition) is 3. The monoisotopic (exact) mass is 342 g/mol. The van der Waals surface area contributed by atoms with Gasteiger partial charge >= 0.3 is 0 Å². The van der Waals surface area contributed by atoms with Gasteiger partial charge in [0.05, 0.1) is 24.8 Å². The maximum Gasteiger partial charge on any atom is 0.239 e. The van der Waals surface area contributed by atoms with Gasteiger partial charge in [-0.1, -0.05) is 13.8 Å². The molecule has 0 aromatic carbocycles. The summed E-state index contributed by atoms with van der Waals surface area (Å²) in [5.74, 6) is -0.464. The zero-order chi connectivity index (χ0) is 18.5. The first-order valence-corrected chi connectivity index (χ1v) is 8.73. The fraction of sp³-hybridized carbons (Fsp3) is 0.882. The Bertz CT molecular complexity index is 430. The molecule has 1 aliphatic rings. The Balaban J connectivity index is 2.41. The molecule has 1 heterocycles. The summed E-state index contributed by atoms with van der Waals surface area (Å²) in [6.45, 7) is 14.2. The first-order chi connectivity index (χ1) is 11.0. The molecule has 7 heteroatoms. The zero-order valence-electron chi connectivity index (χ0n) is 15.9. The van der Waals surface area contributed by atoms with Gasteiger partial charge in [0.1, 0.15) is 0 Å². The minimum atomic E-state index is -0.592. The van der Waals surface area contributed by atoms with E-state index in [4.69, 9.17) is 10.5 Å². The van der Waals surface area contributed by atoms with E-state index in [0.29, 0.717) is 6.54 Å². The van der Waals surface area contributed by atoms with Gasteiger partial charge in [-0.3, -0.25) is 14.5 Å². The van der Waals surface area contributed by atoms with Crippen molar-refractivity contribution < 1.29 is 14.3 Å². The third-order valence-electron chi connectivity index (χ3n) is 4.44. The number of nitrogens with one attached hydrogen (secondary N) is 2. The number of ether oxygens (including phenoxy) is 1. The summed E-state index contributed by atoms with van der Waals surface area (Å²) < 4.78 is 5.76. The van der Waals surface area contributed by atoms with Gasteiger partial charge < -0.3 is 21.1 Å². The Kier molecular flexibility index (Phi) is 7.63. The molecule has 24 heavy (non-hydrogen) atoms. The quantitative estimate of drug-likeness (QED) is 0.609. The molecule has 1 rings (SSSR count). The van der Waals surface area contributed by atoms with E-state index in [1.165, 1.54) is 0 Å². The van der Waals surface area contributed by atoms with Gasteiger partial charge in [0.15, 0.2) is 0 Å². The number of amides is 2. The maximum atomic E-state index is 12.0. The Morgan fingerprint density at radius 3 is 2.25 bits per heavy atom. The molecule has 4 N–H and O–H groups in total. The van der Waals surface area contributed by atoms with Crippen molar-refractivity contribution in [2.45, 2.75) is 65.3 Å². The van der Waals surface area contributed by atoms with Crippen LogP contribution in [0, 0.1) is 5.92 Å². The molecule has 0 aromatic heterocycles. The highest BCUT2D eigenvalue weighted by atomic mass is 16.5. The van der Waals surface area contributed by atoms with Crippen molar-refractivity contribution in [3.63, 3.8) is 0 Å². The molecule has 0 saturated carbocycles. The summed E-state index contributed by atoms with van der Waals surface area (Å²) in [4.78, 5) is 26.1. The van der Waals surface area contributed by atoms with E-state index in [1.807, 2.05) is 13.8 Å². The molecular formula is C17H34N4O3. The average Bonchev–Trinajstić information content (AvgIpc) is 2.48. The van der Waals surface area contributed by atoms with Crippen LogP contribution in [-0.2, 0) is 14.3 Å². The number of nitrogens with zero attached hydrogens (tertiary/aromatic N) is 1. The first kappa shape index (κ1) is 20.9. The lowest BCUT2D eigenvalue weighted by atomic mass is 10.00. The summed E-state index contributed by atoms with van der Waals surface area (Å²) in [6, 6.07) is -0.592. The number of nitrogens with two attached hydrogens (primary N) is 1. The lowest BCUT2D eigenvalue weighted by molar-refractivity contribution is -0.128. The van der Waals surface area contributed by atoms with Crippen LogP contribution in [-0.4, -0.2) is 66.7 Å². The second kappa shape index (κ2) is 8.78. The molecule has 2 amide bonds. The van der Waals surface area contributed by atoms with Gasteiger partial charge in [-0.05, 0) is 33.6 Å². The minimum absolute atomic E-state index is 0.0392. The molecule has 3 atom stereocenters. The summed E-state index contributed by atoms with van der Waals surface area (Å²) in [6.07, 6.45) is 0.362. The third kappa shape index (κ3) is 6.37. The smallest absolute Gasteiger partial charge is 0.239 e. The van der Waals surface area contributed by atoms with Gasteiger partial charge in [-0.15, -0.1) is 0 Å². The van der Waals surface area contributed by atoms with E-state index in [2.05, 4.69) is 43.2 Å². The maximum absolute atomic E-state index is 12.0. The number of hydrogen-bond acceptors (Lipinski definition) is 5. The van der Waals surface area contributed by atoms with Crippen LogP contribution in [0.15, 0.2) is 0 Å². The highest BCUT2D eigenvalue weighted by Crippen LogP contribution is 2.20. The predicted molar refractivity (Wildman–Crippen MR) is 94.5 cm³/mol. The third-order valence-corrected chi connectivity index (χ3v) is 4.44. The first-order valence-electron chi connectivity index (χ1n) is 8.73. The number of rotatable bonds is 7. The second-order valence-corrected chi connectivity index (χ2v) is 7.74. The van der Waals surface area contributed by atoms with Gasteiger partial charge in [0, 0.05) is 25.2 Å². The molecule has 140 valence electrons. The lowest BCUT2D eigenvalue weighted by Crippen LogP contribution is -2.59. The predicted octanol–water partition coefficient (Wildman–Crippen LogP) is 0.0899. The van der Waals surface area contributed by atoms with Crippen LogP contribution >= 0.6 is 0 Å². The van der Waals surface area contributed by atoms with Crippen molar-refractivity contribution in [3.05, 3.63) is 0 Å². The van der Waals surface area contributed by atoms with Crippen molar-refractivity contribution in [2.75, 3.05) is 26.2 Å². The topological polar surface area (TPSA) is 96.7 Å². The Morgan fingerprint density at radius 1 is 1.21 bits per heavy atom. The molecule has 1 aliphatic heterocycles. The highest BCUT2D eigenvalue weighted by Gasteiger charge is 2.33. The van der Waals surface area contributed by atoms with Crippen LogP contribution in [0.1, 0.15) is 41.5 Å². The summed E-state index contributed by atoms with van der Waals surface area (Å²) in [7, 11) is 0.